The number of nitrogens with zero attached hydrogens (tertiary/aromatic N) is 1. The molecular formula is C24H41NO2. The van der Waals surface area contributed by atoms with Gasteiger partial charge in [0.25, 0.3) is 0 Å². The van der Waals surface area contributed by atoms with Crippen molar-refractivity contribution in [2.24, 2.45) is 0 Å². The summed E-state index contributed by atoms with van der Waals surface area (Å²) < 4.78 is 0.532. The Kier molecular flexibility index (Phi) is 12.9. The molecule has 0 spiro atoms. The molecule has 0 aliphatic carbocycles. The van der Waals surface area contributed by atoms with E-state index in [9.17, 15) is 9.90 Å². The van der Waals surface area contributed by atoms with E-state index in [0.29, 0.717) is 4.48 Å². The number of hydrogen-bond donors (Lipinski definition) is 0. The van der Waals surface area contributed by atoms with Crippen LogP contribution in [0.5, 0.6) is 0 Å². The molecule has 0 aromatic heterocycles. The predicted octanol–water partition coefficient (Wildman–Crippen LogP) is 5.08. The van der Waals surface area contributed by atoms with Crippen LogP contribution in [0.1, 0.15) is 89.5 Å². The molecule has 0 saturated heterocycles. The Morgan fingerprint density at radius 2 is 1.30 bits per heavy atom. The standard InChI is InChI=1S/C24H41NO2/c1-3-4-5-6-7-8-9-10-11-12-13-17-20-25(2,22-24(26)27)21-23-18-15-14-16-19-23/h14-16,18-19H,3-13,17,20-22H2,1-2H3. The minimum Gasteiger partial charge on any atom is -0.544 e. The van der Waals surface area contributed by atoms with E-state index < -0.39 is 5.97 Å². The minimum atomic E-state index is -0.952. The molecule has 3 heteroatoms. The number of likely N-dealkylation sites (N-methyl/N-ethyl adjacent to an activating group) is 1. The van der Waals surface area contributed by atoms with Crippen LogP contribution < -0.4 is 5.11 Å². The molecule has 3 nitrogen and oxygen atoms in total. The fraction of sp³-hybridized carbons (Fsp3) is 0.708. The van der Waals surface area contributed by atoms with Gasteiger partial charge in [0.05, 0.1) is 19.6 Å². The first-order chi connectivity index (χ1) is 13.1. The molecule has 0 bridgehead atoms. The number of carbonyl (C=O) groups excluding carboxylic acids is 1. The van der Waals surface area contributed by atoms with E-state index in [1.165, 1.54) is 76.2 Å². The summed E-state index contributed by atoms with van der Waals surface area (Å²) in [6, 6.07) is 10.2. The zero-order valence-electron chi connectivity index (χ0n) is 17.8. The fourth-order valence-corrected chi connectivity index (χ4v) is 3.88. The molecular weight excluding hydrogens is 334 g/mol. The maximum atomic E-state index is 11.2. The second-order valence-corrected chi connectivity index (χ2v) is 8.41. The van der Waals surface area contributed by atoms with Crippen molar-refractivity contribution in [3.05, 3.63) is 35.9 Å². The molecule has 0 aliphatic heterocycles. The summed E-state index contributed by atoms with van der Waals surface area (Å²) in [5, 5.41) is 11.2. The molecule has 1 atom stereocenters. The van der Waals surface area contributed by atoms with Gasteiger partial charge in [-0.1, -0.05) is 101 Å². The highest BCUT2D eigenvalue weighted by molar-refractivity contribution is 5.65. The van der Waals surface area contributed by atoms with E-state index in [1.807, 2.05) is 25.2 Å². The molecule has 1 aromatic carbocycles. The summed E-state index contributed by atoms with van der Waals surface area (Å²) in [7, 11) is 2.04. The molecule has 0 saturated carbocycles. The maximum Gasteiger partial charge on any atom is 0.119 e. The number of benzene rings is 1. The first-order valence-electron chi connectivity index (χ1n) is 11.1. The van der Waals surface area contributed by atoms with Gasteiger partial charge in [0.1, 0.15) is 13.1 Å². The third kappa shape index (κ3) is 12.6. The fourth-order valence-electron chi connectivity index (χ4n) is 3.88. The Bertz CT molecular complexity index is 488. The Balaban J connectivity index is 2.14. The molecule has 154 valence electrons. The topological polar surface area (TPSA) is 40.1 Å². The molecule has 0 amide bonds. The third-order valence-electron chi connectivity index (χ3n) is 5.47. The molecule has 1 rings (SSSR count). The molecule has 1 unspecified atom stereocenters. The normalized spacial score (nSPS) is 13.4. The van der Waals surface area contributed by atoms with Crippen LogP contribution in [0.15, 0.2) is 30.3 Å². The molecule has 27 heavy (non-hydrogen) atoms. The van der Waals surface area contributed by atoms with Gasteiger partial charge in [0, 0.05) is 5.56 Å². The highest BCUT2D eigenvalue weighted by Gasteiger charge is 2.22. The maximum absolute atomic E-state index is 11.2. The molecule has 0 N–H and O–H groups in total. The number of rotatable bonds is 17. The average molecular weight is 376 g/mol. The van der Waals surface area contributed by atoms with Crippen molar-refractivity contribution >= 4 is 5.97 Å². The van der Waals surface area contributed by atoms with Crippen molar-refractivity contribution in [3.8, 4) is 0 Å². The highest BCUT2D eigenvalue weighted by atomic mass is 16.4. The minimum absolute atomic E-state index is 0.0902. The van der Waals surface area contributed by atoms with Crippen molar-refractivity contribution in [2.75, 3.05) is 20.1 Å². The summed E-state index contributed by atoms with van der Waals surface area (Å²) in [5.41, 5.74) is 1.19. The number of quaternary nitrogens is 1. The lowest BCUT2D eigenvalue weighted by atomic mass is 10.0. The van der Waals surface area contributed by atoms with E-state index in [1.54, 1.807) is 0 Å². The number of carboxylic acids is 1. The van der Waals surface area contributed by atoms with Gasteiger partial charge in [-0.25, -0.2) is 0 Å². The number of hydrogen-bond acceptors (Lipinski definition) is 2. The molecule has 1 aromatic rings. The van der Waals surface area contributed by atoms with Crippen LogP contribution in [0.3, 0.4) is 0 Å². The molecule has 0 aliphatic rings. The van der Waals surface area contributed by atoms with Gasteiger partial charge in [-0.3, -0.25) is 0 Å². The Labute approximate surface area is 167 Å². The van der Waals surface area contributed by atoms with Crippen LogP contribution >= 0.6 is 0 Å². The van der Waals surface area contributed by atoms with Crippen molar-refractivity contribution in [1.29, 1.82) is 0 Å². The summed E-state index contributed by atoms with van der Waals surface area (Å²) in [6.45, 7) is 4.02. The number of carbonyl (C=O) groups is 1. The van der Waals surface area contributed by atoms with Gasteiger partial charge < -0.3 is 14.4 Å². The predicted molar refractivity (Wildman–Crippen MR) is 112 cm³/mol. The average Bonchev–Trinajstić information content (AvgIpc) is 2.62. The van der Waals surface area contributed by atoms with Gasteiger partial charge in [0.15, 0.2) is 0 Å². The zero-order chi connectivity index (χ0) is 19.8. The summed E-state index contributed by atoms with van der Waals surface area (Å²) in [5.74, 6) is -0.952. The zero-order valence-corrected chi connectivity index (χ0v) is 17.8. The van der Waals surface area contributed by atoms with Gasteiger partial charge in [0.2, 0.25) is 0 Å². The molecule has 0 fully saturated rings. The monoisotopic (exact) mass is 375 g/mol. The smallest absolute Gasteiger partial charge is 0.119 e. The van der Waals surface area contributed by atoms with Gasteiger partial charge in [-0.05, 0) is 12.8 Å². The molecule has 0 heterocycles. The Morgan fingerprint density at radius 3 is 1.78 bits per heavy atom. The van der Waals surface area contributed by atoms with E-state index in [4.69, 9.17) is 0 Å². The van der Waals surface area contributed by atoms with Crippen molar-refractivity contribution in [3.63, 3.8) is 0 Å². The van der Waals surface area contributed by atoms with Gasteiger partial charge in [-0.15, -0.1) is 0 Å². The van der Waals surface area contributed by atoms with Gasteiger partial charge in [-0.2, -0.15) is 0 Å². The van der Waals surface area contributed by atoms with Crippen LogP contribution in [0, 0.1) is 0 Å². The number of unbranched alkanes of at least 4 members (excludes halogenated alkanes) is 11. The summed E-state index contributed by atoms with van der Waals surface area (Å²) in [4.78, 5) is 11.2. The molecule has 0 radical (unpaired) electrons. The van der Waals surface area contributed by atoms with Crippen molar-refractivity contribution in [2.45, 2.75) is 90.5 Å². The SMILES string of the molecule is CCCCCCCCCCCCCC[N+](C)(CC(=O)[O-])Cc1ccccc1. The quantitative estimate of drug-likeness (QED) is 0.281. The van der Waals surface area contributed by atoms with E-state index in [2.05, 4.69) is 19.1 Å². The van der Waals surface area contributed by atoms with Crippen LogP contribution in [0.25, 0.3) is 0 Å². The van der Waals surface area contributed by atoms with E-state index >= 15 is 0 Å². The summed E-state index contributed by atoms with van der Waals surface area (Å²) >= 11 is 0. The van der Waals surface area contributed by atoms with E-state index in [0.717, 1.165) is 19.5 Å². The highest BCUT2D eigenvalue weighted by Crippen LogP contribution is 2.16. The lowest BCUT2D eigenvalue weighted by molar-refractivity contribution is -0.917. The van der Waals surface area contributed by atoms with Crippen LogP contribution in [-0.4, -0.2) is 30.6 Å². The lowest BCUT2D eigenvalue weighted by Crippen LogP contribution is -2.51. The van der Waals surface area contributed by atoms with Gasteiger partial charge >= 0.3 is 0 Å². The van der Waals surface area contributed by atoms with Crippen LogP contribution in [-0.2, 0) is 11.3 Å². The van der Waals surface area contributed by atoms with Crippen molar-refractivity contribution < 1.29 is 14.4 Å². The Morgan fingerprint density at radius 1 is 0.815 bits per heavy atom. The second-order valence-electron chi connectivity index (χ2n) is 8.41. The first kappa shape index (κ1) is 23.7. The number of aliphatic carboxylic acids is 1. The number of carboxylic acid groups (broad SMARTS) is 1. The van der Waals surface area contributed by atoms with Crippen LogP contribution in [0.4, 0.5) is 0 Å². The third-order valence-corrected chi connectivity index (χ3v) is 5.47. The second kappa shape index (κ2) is 14.7. The summed E-state index contributed by atoms with van der Waals surface area (Å²) in [6.07, 6.45) is 15.9. The lowest BCUT2D eigenvalue weighted by Gasteiger charge is -2.35. The largest absolute Gasteiger partial charge is 0.544 e. The first-order valence-corrected chi connectivity index (χ1v) is 11.1. The van der Waals surface area contributed by atoms with E-state index in [-0.39, 0.29) is 6.54 Å². The Hall–Kier alpha value is -1.35. The van der Waals surface area contributed by atoms with Crippen LogP contribution in [0.2, 0.25) is 0 Å². The van der Waals surface area contributed by atoms with Crippen molar-refractivity contribution in [1.82, 2.24) is 0 Å².